The quantitative estimate of drug-likeness (QED) is 0.348. The fourth-order valence-electron chi connectivity index (χ4n) is 0. The summed E-state index contributed by atoms with van der Waals surface area (Å²) in [6.45, 7) is 0. The van der Waals surface area contributed by atoms with Crippen LogP contribution in [0.5, 0.6) is 0 Å². The van der Waals surface area contributed by atoms with Crippen molar-refractivity contribution in [3.05, 3.63) is 0 Å². The summed E-state index contributed by atoms with van der Waals surface area (Å²) in [6.07, 6.45) is 0. The van der Waals surface area contributed by atoms with E-state index in [9.17, 15) is 0 Å². The summed E-state index contributed by atoms with van der Waals surface area (Å²) in [7, 11) is 0. The normalized spacial score (nSPS) is 2.00. The van der Waals surface area contributed by atoms with Crippen LogP contribution in [0, 0.1) is 0 Å². The van der Waals surface area contributed by atoms with Crippen LogP contribution in [-0.2, 0) is 45.5 Å². The number of rotatable bonds is 0. The molecule has 0 saturated heterocycles. The van der Waals surface area contributed by atoms with E-state index in [2.05, 4.69) is 0 Å². The second-order valence-electron chi connectivity index (χ2n) is 0.0833. The Morgan fingerprint density at radius 2 is 1.33 bits per heavy atom. The Morgan fingerprint density at radius 3 is 1.33 bits per heavy atom. The van der Waals surface area contributed by atoms with E-state index in [1.807, 2.05) is 0 Å². The second kappa shape index (κ2) is 34.3. The summed E-state index contributed by atoms with van der Waals surface area (Å²) < 4.78 is 25.1. The Kier molecular flexibility index (Phi) is 89.5. The Bertz CT molecular complexity index is 44.2. The van der Waals surface area contributed by atoms with Gasteiger partial charge in [-0.25, -0.2) is 0 Å². The average Bonchev–Trinajstić information content (AvgIpc) is 1.46. The summed E-state index contributed by atoms with van der Waals surface area (Å²) in [5.41, 5.74) is 0. The van der Waals surface area contributed by atoms with Gasteiger partial charge in [0.25, 0.3) is 0 Å². The maximum absolute atomic E-state index is 8.50. The van der Waals surface area contributed by atoms with Crippen molar-refractivity contribution >= 4 is 0 Å². The van der Waals surface area contributed by atoms with Gasteiger partial charge in [-0.3, -0.25) is 0 Å². The Labute approximate surface area is 65.5 Å². The summed E-state index contributed by atoms with van der Waals surface area (Å²) in [4.78, 5) is 0. The first-order valence-corrected chi connectivity index (χ1v) is 2.32. The molecular weight excluding hydrogens is 158 g/mol. The van der Waals surface area contributed by atoms with Gasteiger partial charge in [0, 0.05) is 0 Å². The van der Waals surface area contributed by atoms with E-state index in [0.717, 1.165) is 0 Å². The van der Waals surface area contributed by atoms with Crippen molar-refractivity contribution in [2.45, 2.75) is 0 Å². The molecule has 0 unspecified atom stereocenters. The van der Waals surface area contributed by atoms with Gasteiger partial charge in [0.15, 0.2) is 0 Å². The zero-order valence-corrected chi connectivity index (χ0v) is 5.84. The Morgan fingerprint density at radius 1 is 1.33 bits per heavy atom. The van der Waals surface area contributed by atoms with Gasteiger partial charge >= 0.3 is 64.4 Å². The first-order valence-electron chi connectivity index (χ1n) is 0.563. The Hall–Kier alpha value is 1.23. The maximum atomic E-state index is 8.50. The van der Waals surface area contributed by atoms with Crippen molar-refractivity contribution in [1.29, 1.82) is 0 Å². The summed E-state index contributed by atoms with van der Waals surface area (Å²) in [6, 6.07) is 0. The van der Waals surface area contributed by atoms with Crippen molar-refractivity contribution in [3.63, 3.8) is 0 Å². The molecule has 0 amide bonds. The molecule has 0 radical (unpaired) electrons. The predicted molar refractivity (Wildman–Crippen MR) is 3.17 cm³/mol. The van der Waals surface area contributed by atoms with Crippen LogP contribution in [0.1, 0.15) is 1.43 Å². The minimum atomic E-state index is -2.00. The molecule has 0 aliphatic rings. The van der Waals surface area contributed by atoms with Crippen LogP contribution in [0.3, 0.4) is 0 Å². The van der Waals surface area contributed by atoms with E-state index in [1.165, 1.54) is 0 Å². The van der Waals surface area contributed by atoms with E-state index in [-0.39, 0.29) is 20.3 Å². The topological polar surface area (TPSA) is 51.2 Å². The minimum absolute atomic E-state index is 0. The summed E-state index contributed by atoms with van der Waals surface area (Å²) in [5, 5.41) is 0. The summed E-state index contributed by atoms with van der Waals surface area (Å²) >= 11 is -0.312. The molecule has 0 aliphatic carbocycles. The van der Waals surface area contributed by atoms with Crippen molar-refractivity contribution in [2.75, 3.05) is 0 Å². The van der Waals surface area contributed by atoms with Crippen LogP contribution in [0.25, 0.3) is 0 Å². The molecule has 3 nitrogen and oxygen atoms in total. The van der Waals surface area contributed by atoms with Crippen LogP contribution >= 0.6 is 0 Å². The van der Waals surface area contributed by atoms with Gasteiger partial charge in [-0.2, -0.15) is 0 Å². The van der Waals surface area contributed by atoms with Crippen molar-refractivity contribution in [3.8, 4) is 0 Å². The zero-order chi connectivity index (χ0) is 4.71. The van der Waals surface area contributed by atoms with Crippen LogP contribution in [0.2, 0.25) is 0 Å². The van der Waals surface area contributed by atoms with Crippen molar-refractivity contribution in [1.82, 2.24) is 0 Å². The van der Waals surface area contributed by atoms with E-state index in [1.54, 1.807) is 15.9 Å². The second-order valence-corrected chi connectivity index (χ2v) is 0.344. The fourth-order valence-corrected chi connectivity index (χ4v) is 0. The van der Waals surface area contributed by atoms with E-state index >= 15 is 0 Å². The predicted octanol–water partition coefficient (Wildman–Crippen LogP) is -3.24. The molecule has 6 heteroatoms. The standard InChI is InChI=1S/Li.Mn.3O.Ti.H/q+1;;;;;;-1. The number of hydrogen-bond donors (Lipinski definition) is 0. The Balaban J connectivity index is -0.0000000105. The van der Waals surface area contributed by atoms with Gasteiger partial charge in [-0.15, -0.1) is 0 Å². The van der Waals surface area contributed by atoms with Crippen molar-refractivity contribution < 1.29 is 65.8 Å². The number of hydrogen-bond acceptors (Lipinski definition) is 3. The monoisotopic (exact) mass is 159 g/mol. The van der Waals surface area contributed by atoms with Crippen LogP contribution in [0.15, 0.2) is 0 Å². The van der Waals surface area contributed by atoms with Crippen LogP contribution in [0.4, 0.5) is 0 Å². The molecule has 0 fully saturated rings. The summed E-state index contributed by atoms with van der Waals surface area (Å²) in [5.74, 6) is 0. The molecule has 0 bridgehead atoms. The van der Waals surface area contributed by atoms with E-state index in [4.69, 9.17) is 10.5 Å². The van der Waals surface area contributed by atoms with Gasteiger partial charge in [0.2, 0.25) is 0 Å². The molecule has 0 aromatic rings. The van der Waals surface area contributed by atoms with Gasteiger partial charge in [-0.1, -0.05) is 0 Å². The van der Waals surface area contributed by atoms with Gasteiger partial charge in [0.1, 0.15) is 0 Å². The van der Waals surface area contributed by atoms with Gasteiger partial charge < -0.3 is 1.43 Å². The molecule has 0 spiro atoms. The molecule has 6 heavy (non-hydrogen) atoms. The molecule has 0 aromatic carbocycles. The molecule has 0 saturated carbocycles. The average molecular weight is 159 g/mol. The molecule has 0 heterocycles. The van der Waals surface area contributed by atoms with Gasteiger partial charge in [0.05, 0.1) is 0 Å². The van der Waals surface area contributed by atoms with Crippen LogP contribution in [-0.4, -0.2) is 0 Å². The van der Waals surface area contributed by atoms with Gasteiger partial charge in [-0.05, 0) is 0 Å². The van der Waals surface area contributed by atoms with Crippen molar-refractivity contribution in [2.24, 2.45) is 0 Å². The van der Waals surface area contributed by atoms with Crippen LogP contribution < -0.4 is 18.9 Å². The third kappa shape index (κ3) is 61.8. The van der Waals surface area contributed by atoms with E-state index in [0.29, 0.717) is 0 Å². The first-order chi connectivity index (χ1) is 2.41. The molecule has 0 aliphatic heterocycles. The molecule has 0 atom stereocenters. The molecule has 0 aromatic heterocycles. The SMILES string of the molecule is [H-].[Li+].[O]=[Mn].[O]=[Ti]=[O]. The fraction of sp³-hybridized carbons (Fsp3) is 0. The molecular formula is HLiMnO3Ti. The third-order valence-corrected chi connectivity index (χ3v) is 0. The third-order valence-electron chi connectivity index (χ3n) is 0. The molecule has 0 rings (SSSR count). The molecule has 31 valence electrons. The van der Waals surface area contributed by atoms with E-state index < -0.39 is 19.1 Å². The zero-order valence-electron chi connectivity index (χ0n) is 4.10. The molecule has 0 N–H and O–H groups in total. The first kappa shape index (κ1) is 15.7.